The standard InChI is InChI=1S/C18H30N4O2S2.HI/c1-4-19-18(21(3)15-17-8-6-5-7-16(17)2)20-9-14-26(23,24)22-10-12-25-13-11-22;/h5-8H,4,9-15H2,1-3H3,(H,19,20);1H. The van der Waals surface area contributed by atoms with Gasteiger partial charge in [-0.1, -0.05) is 24.3 Å². The summed E-state index contributed by atoms with van der Waals surface area (Å²) in [6, 6.07) is 8.26. The van der Waals surface area contributed by atoms with Crippen LogP contribution in [0.5, 0.6) is 0 Å². The molecule has 0 saturated carbocycles. The average molecular weight is 527 g/mol. The molecule has 6 nitrogen and oxygen atoms in total. The molecule has 154 valence electrons. The van der Waals surface area contributed by atoms with E-state index in [2.05, 4.69) is 29.4 Å². The summed E-state index contributed by atoms with van der Waals surface area (Å²) in [5.74, 6) is 2.56. The van der Waals surface area contributed by atoms with Crippen molar-refractivity contribution >= 4 is 51.7 Å². The Morgan fingerprint density at radius 3 is 2.59 bits per heavy atom. The Hall–Kier alpha value is -0.520. The maximum atomic E-state index is 12.4. The van der Waals surface area contributed by atoms with Gasteiger partial charge in [-0.05, 0) is 25.0 Å². The van der Waals surface area contributed by atoms with Crippen molar-refractivity contribution in [1.82, 2.24) is 14.5 Å². The molecule has 0 unspecified atom stereocenters. The van der Waals surface area contributed by atoms with Crippen molar-refractivity contribution in [2.45, 2.75) is 20.4 Å². The zero-order chi connectivity index (χ0) is 19.0. The third-order valence-electron chi connectivity index (χ3n) is 4.34. The molecule has 0 bridgehead atoms. The average Bonchev–Trinajstić information content (AvgIpc) is 2.63. The quantitative estimate of drug-likeness (QED) is 0.336. The molecule has 1 aromatic rings. The summed E-state index contributed by atoms with van der Waals surface area (Å²) in [5, 5.41) is 3.25. The molecule has 27 heavy (non-hydrogen) atoms. The number of rotatable bonds is 7. The van der Waals surface area contributed by atoms with Crippen molar-refractivity contribution in [3.8, 4) is 0 Å². The molecule has 1 N–H and O–H groups in total. The number of halogens is 1. The third-order valence-corrected chi connectivity index (χ3v) is 7.13. The van der Waals surface area contributed by atoms with Gasteiger partial charge < -0.3 is 10.2 Å². The first-order chi connectivity index (χ1) is 12.4. The Morgan fingerprint density at radius 2 is 1.96 bits per heavy atom. The molecule has 1 aliphatic rings. The van der Waals surface area contributed by atoms with E-state index < -0.39 is 10.0 Å². The molecule has 9 heteroatoms. The summed E-state index contributed by atoms with van der Waals surface area (Å²) in [4.78, 5) is 6.58. The van der Waals surface area contributed by atoms with Crippen molar-refractivity contribution in [3.05, 3.63) is 35.4 Å². The van der Waals surface area contributed by atoms with Crippen LogP contribution in [-0.2, 0) is 16.6 Å². The molecule has 2 rings (SSSR count). The lowest BCUT2D eigenvalue weighted by molar-refractivity contribution is 0.443. The van der Waals surface area contributed by atoms with Gasteiger partial charge in [-0.2, -0.15) is 11.8 Å². The Balaban J connectivity index is 0.00000364. The van der Waals surface area contributed by atoms with Crippen LogP contribution < -0.4 is 5.32 Å². The molecule has 1 aliphatic heterocycles. The van der Waals surface area contributed by atoms with Crippen molar-refractivity contribution < 1.29 is 8.42 Å². The van der Waals surface area contributed by atoms with E-state index in [4.69, 9.17) is 0 Å². The summed E-state index contributed by atoms with van der Waals surface area (Å²) < 4.78 is 26.5. The summed E-state index contributed by atoms with van der Waals surface area (Å²) >= 11 is 1.81. The Bertz CT molecular complexity index is 707. The molecule has 0 amide bonds. The number of thioether (sulfide) groups is 1. The molecular weight excluding hydrogens is 495 g/mol. The molecule has 0 aliphatic carbocycles. The Labute approximate surface area is 185 Å². The highest BCUT2D eigenvalue weighted by Gasteiger charge is 2.23. The molecule has 0 aromatic heterocycles. The number of nitrogens with zero attached hydrogens (tertiary/aromatic N) is 3. The molecule has 1 fully saturated rings. The minimum Gasteiger partial charge on any atom is -0.357 e. The van der Waals surface area contributed by atoms with E-state index in [1.165, 1.54) is 11.1 Å². The van der Waals surface area contributed by atoms with E-state index in [1.54, 1.807) is 16.1 Å². The van der Waals surface area contributed by atoms with Gasteiger partial charge in [0.05, 0.1) is 12.3 Å². The number of guanidine groups is 1. The fraction of sp³-hybridized carbons (Fsp3) is 0.611. The minimum atomic E-state index is -3.22. The molecule has 1 aromatic carbocycles. The highest BCUT2D eigenvalue weighted by atomic mass is 127. The van der Waals surface area contributed by atoms with Crippen LogP contribution in [-0.4, -0.2) is 74.1 Å². The van der Waals surface area contributed by atoms with E-state index >= 15 is 0 Å². The predicted octanol–water partition coefficient (Wildman–Crippen LogP) is 2.39. The first-order valence-electron chi connectivity index (χ1n) is 9.03. The van der Waals surface area contributed by atoms with E-state index in [1.807, 2.05) is 31.0 Å². The summed E-state index contributed by atoms with van der Waals surface area (Å²) in [7, 11) is -1.24. The van der Waals surface area contributed by atoms with Crippen LogP contribution in [0.1, 0.15) is 18.1 Å². The number of hydrogen-bond acceptors (Lipinski definition) is 4. The van der Waals surface area contributed by atoms with Gasteiger partial charge in [-0.15, -0.1) is 24.0 Å². The summed E-state index contributed by atoms with van der Waals surface area (Å²) in [5.41, 5.74) is 2.47. The first kappa shape index (κ1) is 24.5. The monoisotopic (exact) mass is 526 g/mol. The van der Waals surface area contributed by atoms with Gasteiger partial charge in [0.1, 0.15) is 0 Å². The Morgan fingerprint density at radius 1 is 1.30 bits per heavy atom. The number of benzene rings is 1. The second kappa shape index (κ2) is 12.1. The fourth-order valence-electron chi connectivity index (χ4n) is 2.81. The molecule has 0 atom stereocenters. The lowest BCUT2D eigenvalue weighted by Gasteiger charge is -2.26. The van der Waals surface area contributed by atoms with Crippen LogP contribution in [0.2, 0.25) is 0 Å². The topological polar surface area (TPSA) is 65.0 Å². The van der Waals surface area contributed by atoms with Crippen LogP contribution in [0.25, 0.3) is 0 Å². The van der Waals surface area contributed by atoms with Crippen molar-refractivity contribution in [3.63, 3.8) is 0 Å². The normalized spacial score (nSPS) is 15.9. The van der Waals surface area contributed by atoms with Gasteiger partial charge in [0, 0.05) is 44.7 Å². The maximum absolute atomic E-state index is 12.4. The highest BCUT2D eigenvalue weighted by Crippen LogP contribution is 2.13. The van der Waals surface area contributed by atoms with Crippen LogP contribution >= 0.6 is 35.7 Å². The lowest BCUT2D eigenvalue weighted by Crippen LogP contribution is -2.41. The van der Waals surface area contributed by atoms with Gasteiger partial charge in [-0.25, -0.2) is 12.7 Å². The third kappa shape index (κ3) is 7.78. The van der Waals surface area contributed by atoms with Crippen LogP contribution in [0.3, 0.4) is 0 Å². The van der Waals surface area contributed by atoms with Crippen molar-refractivity contribution in [1.29, 1.82) is 0 Å². The largest absolute Gasteiger partial charge is 0.357 e. The van der Waals surface area contributed by atoms with Gasteiger partial charge in [-0.3, -0.25) is 4.99 Å². The number of nitrogens with one attached hydrogen (secondary N) is 1. The number of hydrogen-bond donors (Lipinski definition) is 1. The van der Waals surface area contributed by atoms with E-state index in [0.29, 0.717) is 13.1 Å². The number of aryl methyl sites for hydroxylation is 1. The van der Waals surface area contributed by atoms with Crippen molar-refractivity contribution in [2.75, 3.05) is 50.5 Å². The van der Waals surface area contributed by atoms with Gasteiger partial charge in [0.2, 0.25) is 10.0 Å². The molecule has 1 heterocycles. The zero-order valence-electron chi connectivity index (χ0n) is 16.3. The second-order valence-electron chi connectivity index (χ2n) is 6.35. The van der Waals surface area contributed by atoms with E-state index in [-0.39, 0.29) is 36.3 Å². The number of aliphatic imine (C=N–C) groups is 1. The van der Waals surface area contributed by atoms with E-state index in [9.17, 15) is 8.42 Å². The van der Waals surface area contributed by atoms with Gasteiger partial charge in [0.15, 0.2) is 5.96 Å². The smallest absolute Gasteiger partial charge is 0.215 e. The van der Waals surface area contributed by atoms with Crippen LogP contribution in [0.4, 0.5) is 0 Å². The lowest BCUT2D eigenvalue weighted by atomic mass is 10.1. The molecule has 1 saturated heterocycles. The SMILES string of the molecule is CCNC(=NCCS(=O)(=O)N1CCSCC1)N(C)Cc1ccccc1C.I. The number of sulfonamides is 1. The Kier molecular flexibility index (Phi) is 11.0. The first-order valence-corrected chi connectivity index (χ1v) is 11.8. The predicted molar refractivity (Wildman–Crippen MR) is 127 cm³/mol. The molecule has 0 spiro atoms. The van der Waals surface area contributed by atoms with Gasteiger partial charge in [0.25, 0.3) is 0 Å². The maximum Gasteiger partial charge on any atom is 0.215 e. The van der Waals surface area contributed by atoms with Crippen molar-refractivity contribution in [2.24, 2.45) is 4.99 Å². The summed E-state index contributed by atoms with van der Waals surface area (Å²) in [6.07, 6.45) is 0. The second-order valence-corrected chi connectivity index (χ2v) is 9.66. The highest BCUT2D eigenvalue weighted by molar-refractivity contribution is 14.0. The zero-order valence-corrected chi connectivity index (χ0v) is 20.3. The van der Waals surface area contributed by atoms with E-state index in [0.717, 1.165) is 30.6 Å². The van der Waals surface area contributed by atoms with Crippen LogP contribution in [0, 0.1) is 6.92 Å². The fourth-order valence-corrected chi connectivity index (χ4v) is 5.26. The summed E-state index contributed by atoms with van der Waals surface area (Å²) in [6.45, 7) is 7.08. The molecule has 0 radical (unpaired) electrons. The van der Waals surface area contributed by atoms with Crippen LogP contribution in [0.15, 0.2) is 29.3 Å². The molecular formula is C18H31IN4O2S2. The van der Waals surface area contributed by atoms with Gasteiger partial charge >= 0.3 is 0 Å². The minimum absolute atomic E-state index is 0.